The first-order chi connectivity index (χ1) is 12.4. The molecule has 0 aromatic heterocycles. The largest absolute Gasteiger partial charge is 0.494 e. The van der Waals surface area contributed by atoms with Gasteiger partial charge < -0.3 is 14.4 Å². The van der Waals surface area contributed by atoms with Crippen molar-refractivity contribution < 1.29 is 9.47 Å². The van der Waals surface area contributed by atoms with Gasteiger partial charge in [-0.3, -0.25) is 0 Å². The molecule has 1 aliphatic heterocycles. The SMILES string of the molecule is c1ccc(COc2ccc(OCCCCN3CCCCC3)cc2)cc1. The van der Waals surface area contributed by atoms with E-state index < -0.39 is 0 Å². The van der Waals surface area contributed by atoms with Crippen LogP contribution in [0.1, 0.15) is 37.7 Å². The van der Waals surface area contributed by atoms with E-state index in [9.17, 15) is 0 Å². The van der Waals surface area contributed by atoms with E-state index in [1.54, 1.807) is 0 Å². The van der Waals surface area contributed by atoms with E-state index in [-0.39, 0.29) is 0 Å². The van der Waals surface area contributed by atoms with Gasteiger partial charge >= 0.3 is 0 Å². The molecule has 1 fully saturated rings. The third-order valence-electron chi connectivity index (χ3n) is 4.66. The van der Waals surface area contributed by atoms with Crippen LogP contribution in [0.3, 0.4) is 0 Å². The molecule has 3 heteroatoms. The molecule has 2 aromatic carbocycles. The second-order valence-electron chi connectivity index (χ2n) is 6.70. The zero-order valence-corrected chi connectivity index (χ0v) is 15.0. The molecule has 0 N–H and O–H groups in total. The van der Waals surface area contributed by atoms with Crippen LogP contribution in [0, 0.1) is 0 Å². The van der Waals surface area contributed by atoms with Crippen LogP contribution in [0.25, 0.3) is 0 Å². The van der Waals surface area contributed by atoms with Crippen molar-refractivity contribution in [2.24, 2.45) is 0 Å². The number of benzene rings is 2. The molecule has 0 amide bonds. The molecular weight excluding hydrogens is 310 g/mol. The van der Waals surface area contributed by atoms with Crippen molar-refractivity contribution >= 4 is 0 Å². The molecule has 25 heavy (non-hydrogen) atoms. The number of hydrogen-bond acceptors (Lipinski definition) is 3. The van der Waals surface area contributed by atoms with Gasteiger partial charge in [-0.15, -0.1) is 0 Å². The molecule has 3 nitrogen and oxygen atoms in total. The molecule has 1 heterocycles. The minimum Gasteiger partial charge on any atom is -0.494 e. The Kier molecular flexibility index (Phi) is 7.19. The normalized spacial score (nSPS) is 15.0. The lowest BCUT2D eigenvalue weighted by atomic mass is 10.1. The Morgan fingerprint density at radius 3 is 2.12 bits per heavy atom. The Balaban J connectivity index is 1.30. The predicted molar refractivity (Wildman–Crippen MR) is 102 cm³/mol. The van der Waals surface area contributed by atoms with E-state index in [2.05, 4.69) is 17.0 Å². The van der Waals surface area contributed by atoms with Gasteiger partial charge in [-0.1, -0.05) is 36.8 Å². The summed E-state index contributed by atoms with van der Waals surface area (Å²) in [7, 11) is 0. The Morgan fingerprint density at radius 2 is 1.40 bits per heavy atom. The van der Waals surface area contributed by atoms with E-state index in [4.69, 9.17) is 9.47 Å². The fourth-order valence-corrected chi connectivity index (χ4v) is 3.18. The third-order valence-corrected chi connectivity index (χ3v) is 4.66. The molecule has 1 aliphatic rings. The second kappa shape index (κ2) is 10.1. The zero-order valence-electron chi connectivity index (χ0n) is 15.0. The maximum atomic E-state index is 5.84. The lowest BCUT2D eigenvalue weighted by molar-refractivity contribution is 0.216. The minimum atomic E-state index is 0.595. The number of nitrogens with zero attached hydrogens (tertiary/aromatic N) is 1. The van der Waals surface area contributed by atoms with Crippen molar-refractivity contribution in [2.75, 3.05) is 26.2 Å². The monoisotopic (exact) mass is 339 g/mol. The zero-order chi connectivity index (χ0) is 17.2. The molecule has 134 valence electrons. The van der Waals surface area contributed by atoms with Gasteiger partial charge in [-0.05, 0) is 75.1 Å². The summed E-state index contributed by atoms with van der Waals surface area (Å²) >= 11 is 0. The predicted octanol–water partition coefficient (Wildman–Crippen LogP) is 4.91. The Bertz CT molecular complexity index is 591. The number of hydrogen-bond donors (Lipinski definition) is 0. The topological polar surface area (TPSA) is 21.7 Å². The van der Waals surface area contributed by atoms with Crippen molar-refractivity contribution in [1.29, 1.82) is 0 Å². The van der Waals surface area contributed by atoms with E-state index in [1.165, 1.54) is 50.9 Å². The lowest BCUT2D eigenvalue weighted by Crippen LogP contribution is -2.30. The highest BCUT2D eigenvalue weighted by Gasteiger charge is 2.08. The van der Waals surface area contributed by atoms with E-state index in [0.29, 0.717) is 6.61 Å². The quantitative estimate of drug-likeness (QED) is 0.606. The molecule has 0 atom stereocenters. The van der Waals surface area contributed by atoms with Crippen LogP contribution < -0.4 is 9.47 Å². The molecule has 3 rings (SSSR count). The van der Waals surface area contributed by atoms with Gasteiger partial charge in [-0.25, -0.2) is 0 Å². The molecular formula is C22H29NO2. The smallest absolute Gasteiger partial charge is 0.120 e. The van der Waals surface area contributed by atoms with Gasteiger partial charge in [0.2, 0.25) is 0 Å². The Hall–Kier alpha value is -2.00. The van der Waals surface area contributed by atoms with Gasteiger partial charge in [0.1, 0.15) is 18.1 Å². The summed E-state index contributed by atoms with van der Waals surface area (Å²) in [5.41, 5.74) is 1.18. The summed E-state index contributed by atoms with van der Waals surface area (Å²) in [4.78, 5) is 2.59. The van der Waals surface area contributed by atoms with Crippen molar-refractivity contribution in [3.05, 3.63) is 60.2 Å². The highest BCUT2D eigenvalue weighted by molar-refractivity contribution is 5.31. The summed E-state index contributed by atoms with van der Waals surface area (Å²) < 4.78 is 11.6. The van der Waals surface area contributed by atoms with Gasteiger partial charge in [0.15, 0.2) is 0 Å². The van der Waals surface area contributed by atoms with Gasteiger partial charge in [-0.2, -0.15) is 0 Å². The van der Waals surface area contributed by atoms with E-state index >= 15 is 0 Å². The molecule has 1 saturated heterocycles. The molecule has 0 saturated carbocycles. The molecule has 0 spiro atoms. The third kappa shape index (κ3) is 6.43. The molecule has 0 aliphatic carbocycles. The van der Waals surface area contributed by atoms with Gasteiger partial charge in [0, 0.05) is 0 Å². The summed E-state index contributed by atoms with van der Waals surface area (Å²) in [5.74, 6) is 1.80. The van der Waals surface area contributed by atoms with E-state index in [0.717, 1.165) is 24.5 Å². The number of likely N-dealkylation sites (tertiary alicyclic amines) is 1. The van der Waals surface area contributed by atoms with Crippen LogP contribution in [-0.2, 0) is 6.61 Å². The first-order valence-electron chi connectivity index (χ1n) is 9.52. The number of ether oxygens (including phenoxy) is 2. The second-order valence-corrected chi connectivity index (χ2v) is 6.70. The fourth-order valence-electron chi connectivity index (χ4n) is 3.18. The minimum absolute atomic E-state index is 0.595. The van der Waals surface area contributed by atoms with Crippen LogP contribution in [0.15, 0.2) is 54.6 Å². The first kappa shape index (κ1) is 17.8. The average Bonchev–Trinajstić information content (AvgIpc) is 2.69. The fraction of sp³-hybridized carbons (Fsp3) is 0.455. The van der Waals surface area contributed by atoms with Crippen molar-refractivity contribution in [2.45, 2.75) is 38.7 Å². The van der Waals surface area contributed by atoms with Crippen molar-refractivity contribution in [1.82, 2.24) is 4.90 Å². The molecule has 2 aromatic rings. The van der Waals surface area contributed by atoms with Crippen molar-refractivity contribution in [3.63, 3.8) is 0 Å². The number of rotatable bonds is 9. The summed E-state index contributed by atoms with van der Waals surface area (Å²) in [5, 5.41) is 0. The van der Waals surface area contributed by atoms with Crippen LogP contribution >= 0.6 is 0 Å². The molecule has 0 radical (unpaired) electrons. The van der Waals surface area contributed by atoms with E-state index in [1.807, 2.05) is 42.5 Å². The number of piperidine rings is 1. The van der Waals surface area contributed by atoms with Crippen LogP contribution in [0.4, 0.5) is 0 Å². The Morgan fingerprint density at radius 1 is 0.720 bits per heavy atom. The summed E-state index contributed by atoms with van der Waals surface area (Å²) in [6.45, 7) is 5.17. The average molecular weight is 339 g/mol. The highest BCUT2D eigenvalue weighted by Crippen LogP contribution is 2.19. The molecule has 0 unspecified atom stereocenters. The van der Waals surface area contributed by atoms with Crippen LogP contribution in [0.2, 0.25) is 0 Å². The van der Waals surface area contributed by atoms with Gasteiger partial charge in [0.05, 0.1) is 6.61 Å². The van der Waals surface area contributed by atoms with Crippen LogP contribution in [-0.4, -0.2) is 31.1 Å². The van der Waals surface area contributed by atoms with Gasteiger partial charge in [0.25, 0.3) is 0 Å². The highest BCUT2D eigenvalue weighted by atomic mass is 16.5. The first-order valence-corrected chi connectivity index (χ1v) is 9.52. The number of unbranched alkanes of at least 4 members (excludes halogenated alkanes) is 1. The maximum Gasteiger partial charge on any atom is 0.120 e. The molecule has 0 bridgehead atoms. The standard InChI is InChI=1S/C22H29NO2/c1-3-9-20(10-4-1)19-25-22-13-11-21(12-14-22)24-18-8-7-17-23-15-5-2-6-16-23/h1,3-4,9-14H,2,5-8,15-19H2. The lowest BCUT2D eigenvalue weighted by Gasteiger charge is -2.26. The Labute approximate surface area is 151 Å². The summed E-state index contributed by atoms with van der Waals surface area (Å²) in [6.07, 6.45) is 6.48. The maximum absolute atomic E-state index is 5.84. The summed E-state index contributed by atoms with van der Waals surface area (Å²) in [6, 6.07) is 18.2. The van der Waals surface area contributed by atoms with Crippen LogP contribution in [0.5, 0.6) is 11.5 Å². The van der Waals surface area contributed by atoms with Crippen molar-refractivity contribution in [3.8, 4) is 11.5 Å².